The normalized spacial score (nSPS) is 9.33. The van der Waals surface area contributed by atoms with Crippen LogP contribution in [0.1, 0.15) is 25.3 Å². The number of anilines is 1. The number of benzene rings is 1. The van der Waals surface area contributed by atoms with Crippen LogP contribution in [0.25, 0.3) is 11.4 Å². The molecule has 0 aliphatic rings. The van der Waals surface area contributed by atoms with Crippen molar-refractivity contribution < 1.29 is 9.32 Å². The molecule has 1 aromatic heterocycles. The minimum atomic E-state index is 0.514. The fraction of sp³-hybridized carbons (Fsp3) is 0.308. The highest BCUT2D eigenvalue weighted by atomic mass is 16.5. The summed E-state index contributed by atoms with van der Waals surface area (Å²) in [6, 6.07) is 5.59. The Morgan fingerprint density at radius 2 is 2.00 bits per heavy atom. The van der Waals surface area contributed by atoms with E-state index in [1.54, 1.807) is 6.92 Å². The Bertz CT molecular complexity index is 521. The third-order valence-corrected chi connectivity index (χ3v) is 2.24. The maximum absolute atomic E-state index is 10.4. The van der Waals surface area contributed by atoms with E-state index < -0.39 is 0 Å². The van der Waals surface area contributed by atoms with Gasteiger partial charge in [0, 0.05) is 18.2 Å². The Morgan fingerprint density at radius 3 is 2.56 bits per heavy atom. The predicted molar refractivity (Wildman–Crippen MR) is 70.2 cm³/mol. The van der Waals surface area contributed by atoms with E-state index >= 15 is 0 Å². The molecule has 5 heteroatoms. The van der Waals surface area contributed by atoms with Gasteiger partial charge in [-0.2, -0.15) is 4.98 Å². The second-order valence-electron chi connectivity index (χ2n) is 3.43. The first-order valence-electron chi connectivity index (χ1n) is 5.82. The Kier molecular flexibility index (Phi) is 5.05. The number of aromatic nitrogens is 2. The van der Waals surface area contributed by atoms with Gasteiger partial charge in [0.05, 0.1) is 0 Å². The molecule has 2 rings (SSSR count). The van der Waals surface area contributed by atoms with E-state index in [0.717, 1.165) is 16.8 Å². The van der Waals surface area contributed by atoms with Crippen molar-refractivity contribution in [2.75, 3.05) is 5.32 Å². The molecular formula is C13H17N3O2. The van der Waals surface area contributed by atoms with Crippen LogP contribution in [-0.4, -0.2) is 16.6 Å². The highest BCUT2D eigenvalue weighted by molar-refractivity contribution is 5.76. The molecule has 18 heavy (non-hydrogen) atoms. The van der Waals surface area contributed by atoms with Gasteiger partial charge in [0.1, 0.15) is 0 Å². The van der Waals surface area contributed by atoms with E-state index in [1.807, 2.05) is 39.0 Å². The maximum Gasteiger partial charge on any atom is 0.223 e. The molecule has 1 N–H and O–H groups in total. The molecule has 0 saturated carbocycles. The minimum Gasteiger partial charge on any atom is -0.339 e. The van der Waals surface area contributed by atoms with E-state index in [2.05, 4.69) is 15.5 Å². The summed E-state index contributed by atoms with van der Waals surface area (Å²) in [5, 5.41) is 6.44. The first-order chi connectivity index (χ1) is 8.70. The smallest absolute Gasteiger partial charge is 0.223 e. The van der Waals surface area contributed by atoms with Crippen LogP contribution in [0.2, 0.25) is 0 Å². The summed E-state index contributed by atoms with van der Waals surface area (Å²) in [4.78, 5) is 14.5. The number of amides is 1. The standard InChI is InChI=1S/C11H11N3O2.C2H6/c1-7-3-4-9(5-10(7)12-6-15)11-13-8(2)16-14-11;1-2/h3-6H,1-2H3,(H,12,15);1-2H3. The molecule has 96 valence electrons. The van der Waals surface area contributed by atoms with E-state index in [1.165, 1.54) is 0 Å². The summed E-state index contributed by atoms with van der Waals surface area (Å²) in [6.07, 6.45) is 0.646. The Hall–Kier alpha value is -2.17. The van der Waals surface area contributed by atoms with E-state index in [4.69, 9.17) is 4.52 Å². The van der Waals surface area contributed by atoms with Gasteiger partial charge in [-0.15, -0.1) is 0 Å². The van der Waals surface area contributed by atoms with Crippen molar-refractivity contribution in [1.29, 1.82) is 0 Å². The molecule has 0 bridgehead atoms. The largest absolute Gasteiger partial charge is 0.339 e. The van der Waals surface area contributed by atoms with Gasteiger partial charge < -0.3 is 9.84 Å². The zero-order chi connectivity index (χ0) is 13.5. The lowest BCUT2D eigenvalue weighted by Crippen LogP contribution is -1.96. The maximum atomic E-state index is 10.4. The SMILES string of the molecule is CC.Cc1nc(-c2ccc(C)c(NC=O)c2)no1. The fourth-order valence-electron chi connectivity index (χ4n) is 1.40. The summed E-state index contributed by atoms with van der Waals surface area (Å²) in [6.45, 7) is 7.65. The summed E-state index contributed by atoms with van der Waals surface area (Å²) in [7, 11) is 0. The minimum absolute atomic E-state index is 0.514. The molecule has 0 atom stereocenters. The van der Waals surface area contributed by atoms with Crippen LogP contribution in [0.4, 0.5) is 5.69 Å². The third-order valence-electron chi connectivity index (χ3n) is 2.24. The van der Waals surface area contributed by atoms with Gasteiger partial charge in [0.25, 0.3) is 0 Å². The molecule has 2 aromatic rings. The highest BCUT2D eigenvalue weighted by Gasteiger charge is 2.07. The average molecular weight is 247 g/mol. The summed E-state index contributed by atoms with van der Waals surface area (Å²) >= 11 is 0. The van der Waals surface area contributed by atoms with Gasteiger partial charge in [-0.05, 0) is 18.6 Å². The van der Waals surface area contributed by atoms with Crippen molar-refractivity contribution in [3.05, 3.63) is 29.7 Å². The molecule has 1 aromatic carbocycles. The van der Waals surface area contributed by atoms with Crippen LogP contribution in [0.3, 0.4) is 0 Å². The molecule has 0 unspecified atom stereocenters. The second-order valence-corrected chi connectivity index (χ2v) is 3.43. The van der Waals surface area contributed by atoms with Gasteiger partial charge in [0.15, 0.2) is 0 Å². The quantitative estimate of drug-likeness (QED) is 0.847. The monoisotopic (exact) mass is 247 g/mol. The number of hydrogen-bond acceptors (Lipinski definition) is 4. The number of nitrogens with one attached hydrogen (secondary N) is 1. The lowest BCUT2D eigenvalue weighted by molar-refractivity contribution is -0.105. The van der Waals surface area contributed by atoms with Gasteiger partial charge >= 0.3 is 0 Å². The van der Waals surface area contributed by atoms with Crippen LogP contribution < -0.4 is 5.32 Å². The zero-order valence-electron chi connectivity index (χ0n) is 11.0. The van der Waals surface area contributed by atoms with Crippen molar-refractivity contribution in [2.24, 2.45) is 0 Å². The first kappa shape index (κ1) is 13.9. The number of aryl methyl sites for hydroxylation is 2. The molecule has 5 nitrogen and oxygen atoms in total. The third kappa shape index (κ3) is 3.16. The molecule has 0 saturated heterocycles. The number of carbonyl (C=O) groups is 1. The van der Waals surface area contributed by atoms with E-state index in [-0.39, 0.29) is 0 Å². The average Bonchev–Trinajstić information content (AvgIpc) is 2.81. The van der Waals surface area contributed by atoms with Crippen LogP contribution in [-0.2, 0) is 4.79 Å². The molecular weight excluding hydrogens is 230 g/mol. The Balaban J connectivity index is 0.000000771. The van der Waals surface area contributed by atoms with Crippen LogP contribution in [0.15, 0.2) is 22.7 Å². The first-order valence-corrected chi connectivity index (χ1v) is 5.82. The summed E-state index contributed by atoms with van der Waals surface area (Å²) in [5.41, 5.74) is 2.54. The number of hydrogen-bond donors (Lipinski definition) is 1. The highest BCUT2D eigenvalue weighted by Crippen LogP contribution is 2.22. The Labute approximate surface area is 106 Å². The van der Waals surface area contributed by atoms with Crippen LogP contribution >= 0.6 is 0 Å². The number of nitrogens with zero attached hydrogens (tertiary/aromatic N) is 2. The number of carbonyl (C=O) groups excluding carboxylic acids is 1. The van der Waals surface area contributed by atoms with Crippen molar-refractivity contribution in [3.63, 3.8) is 0 Å². The van der Waals surface area contributed by atoms with Gasteiger partial charge in [-0.1, -0.05) is 31.1 Å². The van der Waals surface area contributed by atoms with Crippen molar-refractivity contribution in [1.82, 2.24) is 10.1 Å². The molecule has 1 amide bonds. The predicted octanol–water partition coefficient (Wildman–Crippen LogP) is 2.95. The summed E-state index contributed by atoms with van der Waals surface area (Å²) in [5.74, 6) is 1.03. The Morgan fingerprint density at radius 1 is 1.28 bits per heavy atom. The van der Waals surface area contributed by atoms with Gasteiger partial charge in [-0.25, -0.2) is 0 Å². The fourth-order valence-corrected chi connectivity index (χ4v) is 1.40. The van der Waals surface area contributed by atoms with E-state index in [0.29, 0.717) is 18.1 Å². The molecule has 0 spiro atoms. The van der Waals surface area contributed by atoms with Crippen molar-refractivity contribution in [3.8, 4) is 11.4 Å². The lowest BCUT2D eigenvalue weighted by Gasteiger charge is -2.04. The zero-order valence-corrected chi connectivity index (χ0v) is 11.0. The molecule has 0 fully saturated rings. The van der Waals surface area contributed by atoms with Gasteiger partial charge in [-0.3, -0.25) is 4.79 Å². The van der Waals surface area contributed by atoms with Crippen LogP contribution in [0.5, 0.6) is 0 Å². The topological polar surface area (TPSA) is 68.0 Å². The second kappa shape index (κ2) is 6.54. The molecule has 0 aliphatic heterocycles. The molecule has 1 heterocycles. The number of rotatable bonds is 3. The van der Waals surface area contributed by atoms with Gasteiger partial charge in [0.2, 0.25) is 18.1 Å². The van der Waals surface area contributed by atoms with Crippen molar-refractivity contribution >= 4 is 12.1 Å². The van der Waals surface area contributed by atoms with E-state index in [9.17, 15) is 4.79 Å². The molecule has 0 radical (unpaired) electrons. The van der Waals surface area contributed by atoms with Crippen molar-refractivity contribution in [2.45, 2.75) is 27.7 Å². The lowest BCUT2D eigenvalue weighted by atomic mass is 10.1. The summed E-state index contributed by atoms with van der Waals surface area (Å²) < 4.78 is 4.90. The van der Waals surface area contributed by atoms with Crippen LogP contribution in [0, 0.1) is 13.8 Å². The molecule has 0 aliphatic carbocycles.